The van der Waals surface area contributed by atoms with E-state index in [2.05, 4.69) is 18.0 Å². The van der Waals surface area contributed by atoms with Crippen molar-refractivity contribution in [2.45, 2.75) is 19.8 Å². The SMILES string of the molecule is COc1ccc(C)c2c1N(C(=O)c1csc(-c3ccccc3)n1)CCC2. The van der Waals surface area contributed by atoms with Crippen LogP contribution in [-0.2, 0) is 6.42 Å². The van der Waals surface area contributed by atoms with E-state index in [0.29, 0.717) is 12.2 Å². The van der Waals surface area contributed by atoms with Crippen LogP contribution in [0.25, 0.3) is 10.6 Å². The van der Waals surface area contributed by atoms with E-state index in [1.165, 1.54) is 22.5 Å². The number of carbonyl (C=O) groups excluding carboxylic acids is 1. The quantitative estimate of drug-likeness (QED) is 0.675. The number of hydrogen-bond donors (Lipinski definition) is 0. The van der Waals surface area contributed by atoms with Gasteiger partial charge in [-0.25, -0.2) is 4.98 Å². The van der Waals surface area contributed by atoms with Crippen molar-refractivity contribution in [3.63, 3.8) is 0 Å². The first-order valence-corrected chi connectivity index (χ1v) is 9.56. The molecule has 5 heteroatoms. The summed E-state index contributed by atoms with van der Waals surface area (Å²) in [5, 5.41) is 2.71. The maximum atomic E-state index is 13.2. The molecule has 0 saturated carbocycles. The minimum Gasteiger partial charge on any atom is -0.495 e. The molecule has 0 radical (unpaired) electrons. The molecule has 0 atom stereocenters. The van der Waals surface area contributed by atoms with Crippen molar-refractivity contribution in [1.29, 1.82) is 0 Å². The topological polar surface area (TPSA) is 42.4 Å². The lowest BCUT2D eigenvalue weighted by Crippen LogP contribution is -2.36. The summed E-state index contributed by atoms with van der Waals surface area (Å²) in [5.74, 6) is 0.686. The Labute approximate surface area is 157 Å². The molecule has 1 amide bonds. The summed E-state index contributed by atoms with van der Waals surface area (Å²) in [6.45, 7) is 2.77. The van der Waals surface area contributed by atoms with Gasteiger partial charge in [0.25, 0.3) is 5.91 Å². The molecule has 1 aromatic heterocycles. The van der Waals surface area contributed by atoms with Crippen molar-refractivity contribution in [2.75, 3.05) is 18.6 Å². The maximum absolute atomic E-state index is 13.2. The van der Waals surface area contributed by atoms with Gasteiger partial charge in [-0.1, -0.05) is 36.4 Å². The van der Waals surface area contributed by atoms with E-state index in [9.17, 15) is 4.79 Å². The van der Waals surface area contributed by atoms with Crippen LogP contribution >= 0.6 is 11.3 Å². The summed E-state index contributed by atoms with van der Waals surface area (Å²) in [6.07, 6.45) is 1.91. The van der Waals surface area contributed by atoms with Crippen LogP contribution in [0.15, 0.2) is 47.8 Å². The number of nitrogens with zero attached hydrogens (tertiary/aromatic N) is 2. The van der Waals surface area contributed by atoms with E-state index < -0.39 is 0 Å². The van der Waals surface area contributed by atoms with Crippen molar-refractivity contribution >= 4 is 22.9 Å². The van der Waals surface area contributed by atoms with Gasteiger partial charge in [-0.2, -0.15) is 0 Å². The highest BCUT2D eigenvalue weighted by Crippen LogP contribution is 2.39. The zero-order valence-electron chi connectivity index (χ0n) is 14.9. The van der Waals surface area contributed by atoms with Crippen LogP contribution in [0.5, 0.6) is 5.75 Å². The third-order valence-corrected chi connectivity index (χ3v) is 5.66. The molecule has 4 rings (SSSR count). The summed E-state index contributed by atoms with van der Waals surface area (Å²) in [7, 11) is 1.65. The average molecular weight is 364 g/mol. The number of methoxy groups -OCH3 is 1. The minimum absolute atomic E-state index is 0.0618. The van der Waals surface area contributed by atoms with Gasteiger partial charge in [0.15, 0.2) is 0 Å². The van der Waals surface area contributed by atoms with Gasteiger partial charge in [0.2, 0.25) is 0 Å². The van der Waals surface area contributed by atoms with Gasteiger partial charge in [0, 0.05) is 17.5 Å². The summed E-state index contributed by atoms with van der Waals surface area (Å²) in [6, 6.07) is 13.9. The van der Waals surface area contributed by atoms with Gasteiger partial charge >= 0.3 is 0 Å². The molecule has 0 unspecified atom stereocenters. The summed E-state index contributed by atoms with van der Waals surface area (Å²) < 4.78 is 5.55. The van der Waals surface area contributed by atoms with Crippen LogP contribution in [0, 0.1) is 6.92 Å². The molecule has 0 bridgehead atoms. The van der Waals surface area contributed by atoms with Crippen LogP contribution in [0.3, 0.4) is 0 Å². The van der Waals surface area contributed by atoms with Crippen molar-refractivity contribution in [3.8, 4) is 16.3 Å². The molecule has 0 saturated heterocycles. The van der Waals surface area contributed by atoms with Gasteiger partial charge in [-0.3, -0.25) is 4.79 Å². The molecular formula is C21H20N2O2S. The summed E-state index contributed by atoms with van der Waals surface area (Å²) in [4.78, 5) is 19.6. The van der Waals surface area contributed by atoms with Gasteiger partial charge in [-0.05, 0) is 37.0 Å². The van der Waals surface area contributed by atoms with E-state index in [-0.39, 0.29) is 5.91 Å². The minimum atomic E-state index is -0.0618. The monoisotopic (exact) mass is 364 g/mol. The molecular weight excluding hydrogens is 344 g/mol. The van der Waals surface area contributed by atoms with E-state index in [4.69, 9.17) is 4.74 Å². The number of ether oxygens (including phenoxy) is 1. The van der Waals surface area contributed by atoms with E-state index in [1.54, 1.807) is 7.11 Å². The number of aromatic nitrogens is 1. The molecule has 4 nitrogen and oxygen atoms in total. The fourth-order valence-electron chi connectivity index (χ4n) is 3.44. The number of hydrogen-bond acceptors (Lipinski definition) is 4. The smallest absolute Gasteiger partial charge is 0.277 e. The number of carbonyl (C=O) groups is 1. The highest BCUT2D eigenvalue weighted by atomic mass is 32.1. The number of fused-ring (bicyclic) bond motifs is 1. The van der Waals surface area contributed by atoms with Crippen LogP contribution in [0.4, 0.5) is 5.69 Å². The Kier molecular flexibility index (Phi) is 4.47. The van der Waals surface area contributed by atoms with E-state index >= 15 is 0 Å². The molecule has 3 aromatic rings. The van der Waals surface area contributed by atoms with Crippen LogP contribution < -0.4 is 9.64 Å². The highest BCUT2D eigenvalue weighted by molar-refractivity contribution is 7.13. The predicted molar refractivity (Wildman–Crippen MR) is 105 cm³/mol. The second-order valence-corrected chi connectivity index (χ2v) is 7.23. The molecule has 2 heterocycles. The molecule has 1 aliphatic heterocycles. The Morgan fingerprint density at radius 2 is 2.00 bits per heavy atom. The van der Waals surface area contributed by atoms with Crippen molar-refractivity contribution < 1.29 is 9.53 Å². The molecule has 0 spiro atoms. The molecule has 0 N–H and O–H groups in total. The maximum Gasteiger partial charge on any atom is 0.277 e. The Bertz CT molecular complexity index is 950. The number of amides is 1. The molecule has 26 heavy (non-hydrogen) atoms. The summed E-state index contributed by atoms with van der Waals surface area (Å²) in [5.41, 5.74) is 4.82. The molecule has 1 aliphatic rings. The normalized spacial score (nSPS) is 13.4. The third-order valence-electron chi connectivity index (χ3n) is 4.77. The second kappa shape index (κ2) is 6.92. The second-order valence-electron chi connectivity index (χ2n) is 6.38. The first-order valence-electron chi connectivity index (χ1n) is 8.68. The first-order chi connectivity index (χ1) is 12.7. The standard InChI is InChI=1S/C21H20N2O2S/c1-14-10-11-18(25-2)19-16(14)9-6-12-23(19)21(24)17-13-26-20(22-17)15-7-4-3-5-8-15/h3-5,7-8,10-11,13H,6,9,12H2,1-2H3. The fourth-order valence-corrected chi connectivity index (χ4v) is 4.24. The Hall–Kier alpha value is -2.66. The van der Waals surface area contributed by atoms with Gasteiger partial charge in [0.05, 0.1) is 12.8 Å². The highest BCUT2D eigenvalue weighted by Gasteiger charge is 2.29. The lowest BCUT2D eigenvalue weighted by atomic mass is 9.96. The molecule has 0 fully saturated rings. The number of benzene rings is 2. The van der Waals surface area contributed by atoms with Gasteiger partial charge in [0.1, 0.15) is 16.5 Å². The first kappa shape index (κ1) is 16.8. The Morgan fingerprint density at radius 3 is 2.77 bits per heavy atom. The van der Waals surface area contributed by atoms with Crippen molar-refractivity contribution in [1.82, 2.24) is 4.98 Å². The molecule has 0 aliphatic carbocycles. The number of anilines is 1. The van der Waals surface area contributed by atoms with Crippen molar-refractivity contribution in [3.05, 3.63) is 64.7 Å². The Morgan fingerprint density at radius 1 is 1.19 bits per heavy atom. The summed E-state index contributed by atoms with van der Waals surface area (Å²) >= 11 is 1.50. The van der Waals surface area contributed by atoms with Crippen LogP contribution in [0.2, 0.25) is 0 Å². The van der Waals surface area contributed by atoms with E-state index in [0.717, 1.165) is 34.8 Å². The number of thiazole rings is 1. The number of rotatable bonds is 3. The molecule has 132 valence electrons. The zero-order valence-corrected chi connectivity index (χ0v) is 15.7. The van der Waals surface area contributed by atoms with Crippen LogP contribution in [-0.4, -0.2) is 24.5 Å². The van der Waals surface area contributed by atoms with Gasteiger partial charge < -0.3 is 9.64 Å². The van der Waals surface area contributed by atoms with Crippen LogP contribution in [0.1, 0.15) is 28.0 Å². The Balaban J connectivity index is 1.71. The third kappa shape index (κ3) is 2.88. The van der Waals surface area contributed by atoms with E-state index in [1.807, 2.05) is 46.7 Å². The predicted octanol–water partition coefficient (Wildman–Crippen LogP) is 4.72. The zero-order chi connectivity index (χ0) is 18.1. The lowest BCUT2D eigenvalue weighted by molar-refractivity contribution is 0.0980. The molecule has 2 aromatic carbocycles. The van der Waals surface area contributed by atoms with Gasteiger partial charge in [-0.15, -0.1) is 11.3 Å². The fraction of sp³-hybridized carbons (Fsp3) is 0.238. The average Bonchev–Trinajstić information content (AvgIpc) is 3.18. The number of aryl methyl sites for hydroxylation is 1. The van der Waals surface area contributed by atoms with Crippen molar-refractivity contribution in [2.24, 2.45) is 0 Å². The largest absolute Gasteiger partial charge is 0.495 e. The lowest BCUT2D eigenvalue weighted by Gasteiger charge is -2.31.